The first-order chi connectivity index (χ1) is 12.4. The summed E-state index contributed by atoms with van der Waals surface area (Å²) in [4.78, 5) is 0. The maximum absolute atomic E-state index is 2.65. The van der Waals surface area contributed by atoms with Crippen molar-refractivity contribution in [2.45, 2.75) is 128 Å². The SMILES string of the molecule is C1=C(PC2=CCCCCCCCCCC2)CCCCCCCCCC1. The molecule has 0 aromatic heterocycles. The Kier molecular flexibility index (Phi) is 12.7. The highest BCUT2D eigenvalue weighted by Crippen LogP contribution is 2.40. The topological polar surface area (TPSA) is 0 Å². The fourth-order valence-corrected chi connectivity index (χ4v) is 5.74. The molecule has 0 aromatic carbocycles. The van der Waals surface area contributed by atoms with Crippen LogP contribution >= 0.6 is 8.58 Å². The molecule has 0 atom stereocenters. The quantitative estimate of drug-likeness (QED) is 0.429. The zero-order valence-electron chi connectivity index (χ0n) is 16.8. The van der Waals surface area contributed by atoms with E-state index in [4.69, 9.17) is 0 Å². The van der Waals surface area contributed by atoms with E-state index in [0.29, 0.717) is 0 Å². The molecule has 1 heteroatoms. The summed E-state index contributed by atoms with van der Waals surface area (Å²) >= 11 is 0. The molecule has 2 aliphatic rings. The van der Waals surface area contributed by atoms with Crippen molar-refractivity contribution >= 4 is 8.58 Å². The molecule has 0 N–H and O–H groups in total. The van der Waals surface area contributed by atoms with E-state index < -0.39 is 0 Å². The first-order valence-electron chi connectivity index (χ1n) is 11.6. The van der Waals surface area contributed by atoms with E-state index >= 15 is 0 Å². The Labute approximate surface area is 160 Å². The summed E-state index contributed by atoms with van der Waals surface area (Å²) in [6.07, 6.45) is 34.1. The third kappa shape index (κ3) is 11.3. The fraction of sp³-hybridized carbons (Fsp3) is 0.833. The molecule has 2 aliphatic carbocycles. The monoisotopic (exact) mass is 362 g/mol. The predicted molar refractivity (Wildman–Crippen MR) is 117 cm³/mol. The van der Waals surface area contributed by atoms with Gasteiger partial charge in [-0.3, -0.25) is 0 Å². The molecule has 2 rings (SSSR count). The van der Waals surface area contributed by atoms with E-state index in [1.54, 1.807) is 10.6 Å². The van der Waals surface area contributed by atoms with Crippen molar-refractivity contribution in [3.63, 3.8) is 0 Å². The highest BCUT2D eigenvalue weighted by molar-refractivity contribution is 7.47. The molecule has 0 heterocycles. The molecule has 0 aliphatic heterocycles. The van der Waals surface area contributed by atoms with E-state index in [2.05, 4.69) is 12.2 Å². The summed E-state index contributed by atoms with van der Waals surface area (Å²) in [5, 5.41) is 3.61. The zero-order valence-corrected chi connectivity index (χ0v) is 17.8. The molecular formula is C24H43P. The van der Waals surface area contributed by atoms with Crippen molar-refractivity contribution in [1.29, 1.82) is 0 Å². The lowest BCUT2D eigenvalue weighted by Crippen LogP contribution is -1.88. The van der Waals surface area contributed by atoms with Crippen LogP contribution in [0.15, 0.2) is 22.8 Å². The minimum absolute atomic E-state index is 1.02. The third-order valence-electron chi connectivity index (χ3n) is 5.90. The van der Waals surface area contributed by atoms with Gasteiger partial charge in [-0.2, -0.15) is 0 Å². The lowest BCUT2D eigenvalue weighted by Gasteiger charge is -2.14. The molecule has 0 saturated carbocycles. The Morgan fingerprint density at radius 3 is 1.12 bits per heavy atom. The van der Waals surface area contributed by atoms with Crippen LogP contribution in [0.2, 0.25) is 0 Å². The second-order valence-electron chi connectivity index (χ2n) is 8.32. The minimum atomic E-state index is 1.02. The van der Waals surface area contributed by atoms with Crippen molar-refractivity contribution in [2.24, 2.45) is 0 Å². The molecule has 0 unspecified atom stereocenters. The van der Waals surface area contributed by atoms with Gasteiger partial charge in [0.05, 0.1) is 0 Å². The fourth-order valence-electron chi connectivity index (χ4n) is 4.23. The maximum atomic E-state index is 2.65. The second kappa shape index (κ2) is 15.0. The molecule has 0 amide bonds. The van der Waals surface area contributed by atoms with Gasteiger partial charge < -0.3 is 0 Å². The van der Waals surface area contributed by atoms with Crippen LogP contribution in [0.3, 0.4) is 0 Å². The van der Waals surface area contributed by atoms with Crippen molar-refractivity contribution in [2.75, 3.05) is 0 Å². The Morgan fingerprint density at radius 1 is 0.400 bits per heavy atom. The van der Waals surface area contributed by atoms with Gasteiger partial charge in [-0.25, -0.2) is 0 Å². The Balaban J connectivity index is 1.87. The normalized spacial score (nSPS) is 24.3. The minimum Gasteiger partial charge on any atom is -0.0808 e. The van der Waals surface area contributed by atoms with Gasteiger partial charge in [0, 0.05) is 0 Å². The number of hydrogen-bond donors (Lipinski definition) is 0. The second-order valence-corrected chi connectivity index (χ2v) is 9.85. The van der Waals surface area contributed by atoms with Crippen LogP contribution < -0.4 is 0 Å². The Morgan fingerprint density at radius 2 is 0.720 bits per heavy atom. The van der Waals surface area contributed by atoms with E-state index in [1.165, 1.54) is 128 Å². The maximum Gasteiger partial charge on any atom is -0.0277 e. The molecule has 0 spiro atoms. The lowest BCUT2D eigenvalue weighted by molar-refractivity contribution is 0.564. The van der Waals surface area contributed by atoms with Crippen molar-refractivity contribution in [1.82, 2.24) is 0 Å². The average molecular weight is 363 g/mol. The van der Waals surface area contributed by atoms with E-state index in [1.807, 2.05) is 0 Å². The summed E-state index contributed by atoms with van der Waals surface area (Å²) in [5.41, 5.74) is 0. The zero-order chi connectivity index (χ0) is 17.4. The first kappa shape index (κ1) is 21.2. The summed E-state index contributed by atoms with van der Waals surface area (Å²) in [6.45, 7) is 0. The van der Waals surface area contributed by atoms with Gasteiger partial charge in [0.1, 0.15) is 0 Å². The first-order valence-corrected chi connectivity index (χ1v) is 12.6. The summed E-state index contributed by atoms with van der Waals surface area (Å²) in [7, 11) is 1.02. The van der Waals surface area contributed by atoms with Crippen LogP contribution in [0, 0.1) is 0 Å². The standard InChI is InChI=1S/C24H43P/c1-3-7-11-15-19-23(20-16-12-8-4-1)25-24-21-17-13-9-5-2-6-10-14-18-22-24/h19,21,25H,1-18,20,22H2. The third-order valence-corrected chi connectivity index (χ3v) is 7.45. The highest BCUT2D eigenvalue weighted by atomic mass is 31.1. The van der Waals surface area contributed by atoms with Gasteiger partial charge in [0.25, 0.3) is 0 Å². The van der Waals surface area contributed by atoms with Crippen LogP contribution in [0.1, 0.15) is 128 Å². The van der Waals surface area contributed by atoms with Gasteiger partial charge in [-0.1, -0.05) is 97.8 Å². The molecule has 0 aromatic rings. The average Bonchev–Trinajstić information content (AvgIpc) is 2.59. The van der Waals surface area contributed by atoms with Gasteiger partial charge in [0.15, 0.2) is 0 Å². The van der Waals surface area contributed by atoms with Crippen molar-refractivity contribution in [3.8, 4) is 0 Å². The summed E-state index contributed by atoms with van der Waals surface area (Å²) < 4.78 is 0. The van der Waals surface area contributed by atoms with Gasteiger partial charge in [0.2, 0.25) is 0 Å². The largest absolute Gasteiger partial charge is 0.0808 e. The molecule has 0 bridgehead atoms. The van der Waals surface area contributed by atoms with E-state index in [9.17, 15) is 0 Å². The molecule has 144 valence electrons. The molecule has 0 fully saturated rings. The molecule has 0 nitrogen and oxygen atoms in total. The van der Waals surface area contributed by atoms with Crippen molar-refractivity contribution < 1.29 is 0 Å². The number of rotatable bonds is 2. The predicted octanol–water partition coefficient (Wildman–Crippen LogP) is 9.26. The van der Waals surface area contributed by atoms with E-state index in [-0.39, 0.29) is 0 Å². The molecule has 0 radical (unpaired) electrons. The van der Waals surface area contributed by atoms with E-state index in [0.717, 1.165) is 8.58 Å². The van der Waals surface area contributed by atoms with Crippen LogP contribution in [0.4, 0.5) is 0 Å². The van der Waals surface area contributed by atoms with Gasteiger partial charge >= 0.3 is 0 Å². The Bertz CT molecular complexity index is 344. The van der Waals surface area contributed by atoms with Crippen LogP contribution in [0.5, 0.6) is 0 Å². The van der Waals surface area contributed by atoms with Gasteiger partial charge in [-0.05, 0) is 62.0 Å². The number of allylic oxidation sites excluding steroid dienone is 4. The number of hydrogen-bond acceptors (Lipinski definition) is 0. The molecule has 25 heavy (non-hydrogen) atoms. The smallest absolute Gasteiger partial charge is 0.0277 e. The summed E-state index contributed by atoms with van der Waals surface area (Å²) in [6, 6.07) is 0. The molecular weight excluding hydrogens is 319 g/mol. The highest BCUT2D eigenvalue weighted by Gasteiger charge is 2.06. The van der Waals surface area contributed by atoms with Gasteiger partial charge in [-0.15, -0.1) is 0 Å². The molecule has 0 saturated heterocycles. The van der Waals surface area contributed by atoms with Crippen molar-refractivity contribution in [3.05, 3.63) is 22.8 Å². The lowest BCUT2D eigenvalue weighted by atomic mass is 10.0. The van der Waals surface area contributed by atoms with Crippen LogP contribution in [-0.4, -0.2) is 0 Å². The summed E-state index contributed by atoms with van der Waals surface area (Å²) in [5.74, 6) is 0. The Hall–Kier alpha value is -0.0900. The van der Waals surface area contributed by atoms with Crippen LogP contribution in [0.25, 0.3) is 0 Å². The van der Waals surface area contributed by atoms with Crippen LogP contribution in [-0.2, 0) is 0 Å².